The summed E-state index contributed by atoms with van der Waals surface area (Å²) >= 11 is 1.70. The van der Waals surface area contributed by atoms with Crippen LogP contribution in [-0.4, -0.2) is 51.9 Å². The van der Waals surface area contributed by atoms with Gasteiger partial charge in [-0.3, -0.25) is 4.31 Å². The van der Waals surface area contributed by atoms with Crippen molar-refractivity contribution in [3.63, 3.8) is 0 Å². The monoisotopic (exact) mass is 496 g/mol. The molecule has 3 aromatic carbocycles. The van der Waals surface area contributed by atoms with Crippen molar-refractivity contribution < 1.29 is 13.2 Å². The first kappa shape index (κ1) is 23.5. The summed E-state index contributed by atoms with van der Waals surface area (Å²) in [4.78, 5) is 3.85. The van der Waals surface area contributed by atoms with Gasteiger partial charge >= 0.3 is 0 Å². The van der Waals surface area contributed by atoms with Gasteiger partial charge in [0.1, 0.15) is 5.75 Å². The van der Waals surface area contributed by atoms with E-state index in [4.69, 9.17) is 4.74 Å². The van der Waals surface area contributed by atoms with Crippen LogP contribution in [-0.2, 0) is 10.0 Å². The molecule has 0 amide bonds. The summed E-state index contributed by atoms with van der Waals surface area (Å²) in [5.74, 6) is 1.46. The first-order valence-electron chi connectivity index (χ1n) is 12.2. The van der Waals surface area contributed by atoms with Gasteiger partial charge in [-0.05, 0) is 67.4 Å². The van der Waals surface area contributed by atoms with Crippen LogP contribution in [0.2, 0.25) is 0 Å². The van der Waals surface area contributed by atoms with Crippen molar-refractivity contribution in [1.82, 2.24) is 4.90 Å². The van der Waals surface area contributed by atoms with Crippen LogP contribution >= 0.6 is 11.8 Å². The smallest absolute Gasteiger partial charge is 0.264 e. The molecule has 2 aliphatic rings. The van der Waals surface area contributed by atoms with Crippen molar-refractivity contribution in [2.75, 3.05) is 42.8 Å². The lowest BCUT2D eigenvalue weighted by molar-refractivity contribution is 0.240. The highest BCUT2D eigenvalue weighted by Gasteiger charge is 2.30. The number of fused-ring (bicyclic) bond motifs is 2. The molecule has 0 bridgehead atoms. The zero-order valence-corrected chi connectivity index (χ0v) is 21.1. The second-order valence-corrected chi connectivity index (χ2v) is 12.0. The molecule has 0 aliphatic carbocycles. The molecule has 1 saturated heterocycles. The highest BCUT2D eigenvalue weighted by atomic mass is 32.2. The summed E-state index contributed by atoms with van der Waals surface area (Å²) < 4.78 is 34.9. The van der Waals surface area contributed by atoms with Crippen LogP contribution < -0.4 is 9.04 Å². The highest BCUT2D eigenvalue weighted by Crippen LogP contribution is 2.40. The van der Waals surface area contributed by atoms with Crippen LogP contribution in [0.3, 0.4) is 0 Å². The first-order chi connectivity index (χ1) is 16.6. The normalized spacial score (nSPS) is 17.4. The Labute approximate surface area is 207 Å². The lowest BCUT2D eigenvalue weighted by Crippen LogP contribution is -2.35. The van der Waals surface area contributed by atoms with E-state index >= 15 is 0 Å². The maximum absolute atomic E-state index is 13.6. The van der Waals surface area contributed by atoms with E-state index in [1.807, 2.05) is 48.5 Å². The number of rotatable bonds is 7. The Bertz CT molecular complexity index is 1240. The molecule has 0 N–H and O–H groups in total. The molecule has 0 aromatic heterocycles. The molecule has 7 heteroatoms. The van der Waals surface area contributed by atoms with Gasteiger partial charge in [0.05, 0.1) is 17.2 Å². The Morgan fingerprint density at radius 1 is 0.853 bits per heavy atom. The second-order valence-electron chi connectivity index (χ2n) is 9.02. The van der Waals surface area contributed by atoms with Crippen molar-refractivity contribution in [3.05, 3.63) is 60.7 Å². The average Bonchev–Trinajstić information content (AvgIpc) is 3.15. The molecule has 0 spiro atoms. The minimum atomic E-state index is -3.67. The van der Waals surface area contributed by atoms with Gasteiger partial charge in [-0.25, -0.2) is 8.42 Å². The lowest BCUT2D eigenvalue weighted by Gasteiger charge is -2.30. The van der Waals surface area contributed by atoms with E-state index in [2.05, 4.69) is 4.90 Å². The molecule has 5 nitrogen and oxygen atoms in total. The van der Waals surface area contributed by atoms with Crippen molar-refractivity contribution in [1.29, 1.82) is 0 Å². The van der Waals surface area contributed by atoms with Crippen molar-refractivity contribution in [2.24, 2.45) is 0 Å². The summed E-state index contributed by atoms with van der Waals surface area (Å²) in [5.41, 5.74) is 0.717. The fraction of sp³-hybridized carbons (Fsp3) is 0.407. The standard InChI is InChI=1S/C27H32N2O3S2/c30-34(31,25-12-10-22-8-3-4-9-23(22)20-25)29-17-19-33-27-13-11-24(21-26(27)29)32-18-7-16-28-14-5-1-2-6-15-28/h3-4,8-13,20-21H,1-2,5-7,14-19H2. The van der Waals surface area contributed by atoms with E-state index in [0.717, 1.165) is 45.8 Å². The summed E-state index contributed by atoms with van der Waals surface area (Å²) in [7, 11) is -3.67. The van der Waals surface area contributed by atoms with Gasteiger partial charge in [0.15, 0.2) is 0 Å². The van der Waals surface area contributed by atoms with E-state index in [-0.39, 0.29) is 0 Å². The predicted molar refractivity (Wildman–Crippen MR) is 141 cm³/mol. The number of hydrogen-bond donors (Lipinski definition) is 0. The van der Waals surface area contributed by atoms with Crippen molar-refractivity contribution in [2.45, 2.75) is 41.9 Å². The third-order valence-corrected chi connectivity index (χ3v) is 9.50. The fourth-order valence-electron chi connectivity index (χ4n) is 4.81. The van der Waals surface area contributed by atoms with E-state index in [1.54, 1.807) is 28.2 Å². The molecule has 1 fully saturated rings. The number of thioether (sulfide) groups is 1. The molecule has 34 heavy (non-hydrogen) atoms. The van der Waals surface area contributed by atoms with Crippen LogP contribution in [0.5, 0.6) is 5.75 Å². The fourth-order valence-corrected chi connectivity index (χ4v) is 7.47. The van der Waals surface area contributed by atoms with Gasteiger partial charge in [-0.1, -0.05) is 43.2 Å². The topological polar surface area (TPSA) is 49.9 Å². The molecule has 0 unspecified atom stereocenters. The van der Waals surface area contributed by atoms with Crippen LogP contribution in [0.1, 0.15) is 32.1 Å². The Morgan fingerprint density at radius 2 is 1.65 bits per heavy atom. The Kier molecular flexibility index (Phi) is 7.32. The van der Waals surface area contributed by atoms with Crippen LogP contribution in [0.4, 0.5) is 5.69 Å². The van der Waals surface area contributed by atoms with Gasteiger partial charge in [-0.15, -0.1) is 11.8 Å². The molecule has 0 saturated carbocycles. The zero-order valence-electron chi connectivity index (χ0n) is 19.5. The maximum atomic E-state index is 13.6. The molecule has 0 atom stereocenters. The molecule has 180 valence electrons. The molecular formula is C27H32N2O3S2. The van der Waals surface area contributed by atoms with E-state index in [1.165, 1.54) is 38.8 Å². The Balaban J connectivity index is 1.30. The summed E-state index contributed by atoms with van der Waals surface area (Å²) in [6, 6.07) is 19.1. The minimum absolute atomic E-state index is 0.327. The Hall–Kier alpha value is -2.22. The van der Waals surface area contributed by atoms with E-state index in [9.17, 15) is 8.42 Å². The highest BCUT2D eigenvalue weighted by molar-refractivity contribution is 8.00. The van der Waals surface area contributed by atoms with Crippen molar-refractivity contribution in [3.8, 4) is 5.75 Å². The number of sulfonamides is 1. The Morgan fingerprint density at radius 3 is 2.47 bits per heavy atom. The number of hydrogen-bond acceptors (Lipinski definition) is 5. The van der Waals surface area contributed by atoms with Crippen molar-refractivity contribution >= 4 is 38.2 Å². The van der Waals surface area contributed by atoms with Gasteiger partial charge in [0.2, 0.25) is 0 Å². The lowest BCUT2D eigenvalue weighted by atomic mass is 10.1. The summed E-state index contributed by atoms with van der Waals surface area (Å²) in [6.07, 6.45) is 6.26. The van der Waals surface area contributed by atoms with E-state index < -0.39 is 10.0 Å². The summed E-state index contributed by atoms with van der Waals surface area (Å²) in [5, 5.41) is 1.96. The third kappa shape index (κ3) is 5.21. The van der Waals surface area contributed by atoms with Gasteiger partial charge < -0.3 is 9.64 Å². The molecular weight excluding hydrogens is 464 g/mol. The predicted octanol–water partition coefficient (Wildman–Crippen LogP) is 5.79. The van der Waals surface area contributed by atoms with Gasteiger partial charge in [0, 0.05) is 29.8 Å². The van der Waals surface area contributed by atoms with Crippen LogP contribution in [0.25, 0.3) is 10.8 Å². The van der Waals surface area contributed by atoms with Gasteiger partial charge in [0.25, 0.3) is 10.0 Å². The minimum Gasteiger partial charge on any atom is -0.493 e. The van der Waals surface area contributed by atoms with Crippen LogP contribution in [0.15, 0.2) is 70.5 Å². The van der Waals surface area contributed by atoms with E-state index in [0.29, 0.717) is 18.0 Å². The average molecular weight is 497 g/mol. The molecule has 5 rings (SSSR count). The largest absolute Gasteiger partial charge is 0.493 e. The first-order valence-corrected chi connectivity index (χ1v) is 14.7. The van der Waals surface area contributed by atoms with Gasteiger partial charge in [-0.2, -0.15) is 0 Å². The maximum Gasteiger partial charge on any atom is 0.264 e. The number of anilines is 1. The third-order valence-electron chi connectivity index (χ3n) is 6.65. The SMILES string of the molecule is O=S(=O)(c1ccc2ccccc2c1)N1CCSc2ccc(OCCCN3CCCCCC3)cc21. The van der Waals surface area contributed by atoms with Crippen LogP contribution in [0, 0.1) is 0 Å². The zero-order chi connectivity index (χ0) is 23.4. The quantitative estimate of drug-likeness (QED) is 0.388. The number of nitrogens with zero attached hydrogens (tertiary/aromatic N) is 2. The molecule has 2 heterocycles. The number of likely N-dealkylation sites (tertiary alicyclic amines) is 1. The number of benzene rings is 3. The summed E-state index contributed by atoms with van der Waals surface area (Å²) in [6.45, 7) is 4.53. The number of ether oxygens (including phenoxy) is 1. The molecule has 2 aliphatic heterocycles. The molecule has 3 aromatic rings. The second kappa shape index (κ2) is 10.6. The molecule has 0 radical (unpaired) electrons.